The number of hydrogen-bond acceptors (Lipinski definition) is 4. The fourth-order valence-electron chi connectivity index (χ4n) is 1.18. The van der Waals surface area contributed by atoms with E-state index in [4.69, 9.17) is 9.47 Å². The number of rotatable bonds is 4. The molecule has 0 amide bonds. The minimum absolute atomic E-state index is 0.0410. The summed E-state index contributed by atoms with van der Waals surface area (Å²) in [5.41, 5.74) is 0.393. The third-order valence-electron chi connectivity index (χ3n) is 2.04. The van der Waals surface area contributed by atoms with Gasteiger partial charge in [0.25, 0.3) is 0 Å². The van der Waals surface area contributed by atoms with Gasteiger partial charge in [0.05, 0.1) is 11.3 Å². The molecule has 0 aromatic carbocycles. The van der Waals surface area contributed by atoms with E-state index in [9.17, 15) is 4.79 Å². The SMILES string of the molecule is CC(OC(=O)COC(C)(C)C)c1ccccn1. The Bertz CT molecular complexity index is 357. The minimum Gasteiger partial charge on any atom is -0.454 e. The summed E-state index contributed by atoms with van der Waals surface area (Å²) in [4.78, 5) is 15.6. The van der Waals surface area contributed by atoms with Gasteiger partial charge in [0.2, 0.25) is 0 Å². The van der Waals surface area contributed by atoms with Gasteiger partial charge in [-0.05, 0) is 39.8 Å². The highest BCUT2D eigenvalue weighted by Gasteiger charge is 2.16. The Hall–Kier alpha value is -1.42. The first kappa shape index (κ1) is 13.6. The predicted octanol–water partition coefficient (Wildman–Crippen LogP) is 2.50. The van der Waals surface area contributed by atoms with Crippen LogP contribution < -0.4 is 0 Å². The van der Waals surface area contributed by atoms with Crippen LogP contribution >= 0.6 is 0 Å². The first-order valence-electron chi connectivity index (χ1n) is 5.63. The van der Waals surface area contributed by atoms with Gasteiger partial charge in [-0.15, -0.1) is 0 Å². The molecule has 4 nitrogen and oxygen atoms in total. The van der Waals surface area contributed by atoms with Crippen LogP contribution in [0.4, 0.5) is 0 Å². The third kappa shape index (κ3) is 5.45. The molecule has 17 heavy (non-hydrogen) atoms. The van der Waals surface area contributed by atoms with Crippen LogP contribution in [0.5, 0.6) is 0 Å². The quantitative estimate of drug-likeness (QED) is 0.755. The summed E-state index contributed by atoms with van der Waals surface area (Å²) in [5, 5.41) is 0. The van der Waals surface area contributed by atoms with Gasteiger partial charge < -0.3 is 9.47 Å². The van der Waals surface area contributed by atoms with Crippen molar-refractivity contribution in [2.75, 3.05) is 6.61 Å². The minimum atomic E-state index is -0.377. The van der Waals surface area contributed by atoms with Gasteiger partial charge in [-0.1, -0.05) is 6.07 Å². The van der Waals surface area contributed by atoms with Crippen LogP contribution in [0, 0.1) is 0 Å². The van der Waals surface area contributed by atoms with Crippen molar-refractivity contribution in [3.8, 4) is 0 Å². The fourth-order valence-corrected chi connectivity index (χ4v) is 1.18. The van der Waals surface area contributed by atoms with E-state index in [0.717, 1.165) is 5.69 Å². The lowest BCUT2D eigenvalue weighted by atomic mass is 10.2. The molecule has 4 heteroatoms. The Morgan fingerprint density at radius 3 is 2.65 bits per heavy atom. The predicted molar refractivity (Wildman–Crippen MR) is 64.4 cm³/mol. The van der Waals surface area contributed by atoms with Gasteiger partial charge in [0, 0.05) is 6.20 Å². The van der Waals surface area contributed by atoms with E-state index in [1.54, 1.807) is 13.1 Å². The zero-order valence-corrected chi connectivity index (χ0v) is 10.8. The summed E-state index contributed by atoms with van der Waals surface area (Å²) in [6.07, 6.45) is 1.32. The highest BCUT2D eigenvalue weighted by atomic mass is 16.6. The van der Waals surface area contributed by atoms with E-state index in [-0.39, 0.29) is 24.3 Å². The van der Waals surface area contributed by atoms with E-state index in [2.05, 4.69) is 4.98 Å². The van der Waals surface area contributed by atoms with Crippen LogP contribution in [0.3, 0.4) is 0 Å². The Balaban J connectivity index is 2.42. The van der Waals surface area contributed by atoms with Crippen LogP contribution in [0.15, 0.2) is 24.4 Å². The molecular formula is C13H19NO3. The Kier molecular flexibility index (Phi) is 4.63. The highest BCUT2D eigenvalue weighted by molar-refractivity contribution is 5.71. The summed E-state index contributed by atoms with van der Waals surface area (Å²) >= 11 is 0. The van der Waals surface area contributed by atoms with Gasteiger partial charge in [-0.25, -0.2) is 4.79 Å². The summed E-state index contributed by atoms with van der Waals surface area (Å²) < 4.78 is 10.5. The molecule has 1 aromatic rings. The van der Waals surface area contributed by atoms with E-state index in [1.165, 1.54) is 0 Å². The summed E-state index contributed by atoms with van der Waals surface area (Å²) in [6, 6.07) is 5.50. The number of carbonyl (C=O) groups is 1. The smallest absolute Gasteiger partial charge is 0.332 e. The van der Waals surface area contributed by atoms with Crippen molar-refractivity contribution in [1.29, 1.82) is 0 Å². The van der Waals surface area contributed by atoms with E-state index >= 15 is 0 Å². The van der Waals surface area contributed by atoms with Crippen LogP contribution in [-0.2, 0) is 14.3 Å². The van der Waals surface area contributed by atoms with Crippen LogP contribution in [0.2, 0.25) is 0 Å². The van der Waals surface area contributed by atoms with Gasteiger partial charge >= 0.3 is 5.97 Å². The van der Waals surface area contributed by atoms with E-state index in [1.807, 2.05) is 39.0 Å². The van der Waals surface area contributed by atoms with Crippen LogP contribution in [0.25, 0.3) is 0 Å². The average molecular weight is 237 g/mol. The van der Waals surface area contributed by atoms with Crippen LogP contribution in [-0.4, -0.2) is 23.2 Å². The number of nitrogens with zero attached hydrogens (tertiary/aromatic N) is 1. The molecule has 0 aliphatic rings. The Labute approximate surface area is 102 Å². The van der Waals surface area contributed by atoms with Gasteiger partial charge in [0.1, 0.15) is 12.7 Å². The first-order chi connectivity index (χ1) is 7.88. The molecule has 94 valence electrons. The lowest BCUT2D eigenvalue weighted by molar-refractivity contribution is -0.159. The molecule has 0 saturated carbocycles. The molecule has 1 atom stereocenters. The Morgan fingerprint density at radius 2 is 2.12 bits per heavy atom. The molecule has 0 N–H and O–H groups in total. The Morgan fingerprint density at radius 1 is 1.41 bits per heavy atom. The first-order valence-corrected chi connectivity index (χ1v) is 5.63. The van der Waals surface area contributed by atoms with Crippen molar-refractivity contribution in [1.82, 2.24) is 4.98 Å². The lowest BCUT2D eigenvalue weighted by Gasteiger charge is -2.19. The molecule has 0 spiro atoms. The van der Waals surface area contributed by atoms with Crippen LogP contribution in [0.1, 0.15) is 39.5 Å². The second-order valence-electron chi connectivity index (χ2n) is 4.79. The number of ether oxygens (including phenoxy) is 2. The van der Waals surface area contributed by atoms with Gasteiger partial charge in [-0.2, -0.15) is 0 Å². The second-order valence-corrected chi connectivity index (χ2v) is 4.79. The molecule has 0 aliphatic carbocycles. The molecule has 0 aliphatic heterocycles. The van der Waals surface area contributed by atoms with Crippen molar-refractivity contribution in [2.45, 2.75) is 39.4 Å². The standard InChI is InChI=1S/C13H19NO3/c1-10(11-7-5-6-8-14-11)17-12(15)9-16-13(2,3)4/h5-8,10H,9H2,1-4H3. The molecule has 1 heterocycles. The van der Waals surface area contributed by atoms with Crippen molar-refractivity contribution >= 4 is 5.97 Å². The summed E-state index contributed by atoms with van der Waals surface area (Å²) in [6.45, 7) is 7.42. The maximum atomic E-state index is 11.5. The number of hydrogen-bond donors (Lipinski definition) is 0. The molecule has 0 fully saturated rings. The monoisotopic (exact) mass is 237 g/mol. The van der Waals surface area contributed by atoms with Crippen molar-refractivity contribution < 1.29 is 14.3 Å². The van der Waals surface area contributed by atoms with Gasteiger partial charge in [0.15, 0.2) is 0 Å². The van der Waals surface area contributed by atoms with E-state index < -0.39 is 0 Å². The lowest BCUT2D eigenvalue weighted by Crippen LogP contribution is -2.25. The highest BCUT2D eigenvalue weighted by Crippen LogP contribution is 2.14. The van der Waals surface area contributed by atoms with Crippen molar-refractivity contribution in [3.05, 3.63) is 30.1 Å². The largest absolute Gasteiger partial charge is 0.454 e. The van der Waals surface area contributed by atoms with Crippen molar-refractivity contribution in [2.24, 2.45) is 0 Å². The normalized spacial score (nSPS) is 13.2. The molecule has 0 radical (unpaired) electrons. The molecule has 1 rings (SSSR count). The fraction of sp³-hybridized carbons (Fsp3) is 0.538. The topological polar surface area (TPSA) is 48.4 Å². The zero-order chi connectivity index (χ0) is 12.9. The number of carbonyl (C=O) groups excluding carboxylic acids is 1. The maximum Gasteiger partial charge on any atom is 0.332 e. The zero-order valence-electron chi connectivity index (χ0n) is 10.8. The molecule has 1 aromatic heterocycles. The molecule has 0 saturated heterocycles. The molecule has 0 bridgehead atoms. The molecular weight excluding hydrogens is 218 g/mol. The average Bonchev–Trinajstić information content (AvgIpc) is 2.27. The molecule has 1 unspecified atom stereocenters. The number of aromatic nitrogens is 1. The van der Waals surface area contributed by atoms with Gasteiger partial charge in [-0.3, -0.25) is 4.98 Å². The van der Waals surface area contributed by atoms with Crippen molar-refractivity contribution in [3.63, 3.8) is 0 Å². The number of esters is 1. The maximum absolute atomic E-state index is 11.5. The third-order valence-corrected chi connectivity index (χ3v) is 2.04. The summed E-state index contributed by atoms with van der Waals surface area (Å²) in [5.74, 6) is -0.377. The summed E-state index contributed by atoms with van der Waals surface area (Å²) in [7, 11) is 0. The number of pyridine rings is 1. The van der Waals surface area contributed by atoms with E-state index in [0.29, 0.717) is 0 Å². The second kappa shape index (κ2) is 5.77.